The number of carbonyl (C=O) groups excluding carboxylic acids is 2. The van der Waals surface area contributed by atoms with Crippen LogP contribution in [0.15, 0.2) is 0 Å². The Morgan fingerprint density at radius 2 is 2.33 bits per heavy atom. The van der Waals surface area contributed by atoms with Crippen LogP contribution in [0, 0.1) is 0 Å². The number of amides is 2. The van der Waals surface area contributed by atoms with Crippen LogP contribution in [-0.2, 0) is 9.59 Å². The summed E-state index contributed by atoms with van der Waals surface area (Å²) in [6, 6.07) is 0. The standard InChI is InChI=1S/C6H10N2O3.ClH/c7-5(10)3-8-2-4(9)1-6(8)11;/h4,9H,1-3H2,(H2,7,10);1H. The fraction of sp³-hybridized carbons (Fsp3) is 0.667. The van der Waals surface area contributed by atoms with Crippen LogP contribution in [0.5, 0.6) is 0 Å². The molecular formula is C6H11ClN2O3. The van der Waals surface area contributed by atoms with E-state index in [1.165, 1.54) is 4.90 Å². The normalized spacial score (nSPS) is 22.2. The fourth-order valence-corrected chi connectivity index (χ4v) is 1.09. The molecule has 0 saturated carbocycles. The maximum absolute atomic E-state index is 10.9. The first-order valence-electron chi connectivity index (χ1n) is 3.33. The average molecular weight is 195 g/mol. The van der Waals surface area contributed by atoms with Gasteiger partial charge in [-0.25, -0.2) is 0 Å². The van der Waals surface area contributed by atoms with Gasteiger partial charge in [-0.2, -0.15) is 0 Å². The van der Waals surface area contributed by atoms with Gasteiger partial charge in [0.05, 0.1) is 19.1 Å². The number of hydrogen-bond donors (Lipinski definition) is 2. The smallest absolute Gasteiger partial charge is 0.237 e. The van der Waals surface area contributed by atoms with E-state index in [-0.39, 0.29) is 37.8 Å². The number of carbonyl (C=O) groups is 2. The minimum absolute atomic E-state index is 0. The zero-order valence-corrected chi connectivity index (χ0v) is 7.21. The van der Waals surface area contributed by atoms with Gasteiger partial charge in [-0.1, -0.05) is 0 Å². The van der Waals surface area contributed by atoms with E-state index in [1.54, 1.807) is 0 Å². The van der Waals surface area contributed by atoms with Crippen molar-refractivity contribution in [3.63, 3.8) is 0 Å². The third-order valence-corrected chi connectivity index (χ3v) is 1.54. The van der Waals surface area contributed by atoms with Crippen molar-refractivity contribution in [3.05, 3.63) is 0 Å². The molecule has 1 aliphatic rings. The molecule has 3 N–H and O–H groups in total. The van der Waals surface area contributed by atoms with Crippen molar-refractivity contribution in [3.8, 4) is 0 Å². The Kier molecular flexibility index (Phi) is 3.99. The van der Waals surface area contributed by atoms with Crippen molar-refractivity contribution in [2.24, 2.45) is 5.73 Å². The molecule has 0 aromatic heterocycles. The quantitative estimate of drug-likeness (QED) is 0.561. The largest absolute Gasteiger partial charge is 0.391 e. The van der Waals surface area contributed by atoms with Crippen LogP contribution in [0.1, 0.15) is 6.42 Å². The highest BCUT2D eigenvalue weighted by molar-refractivity contribution is 5.85. The van der Waals surface area contributed by atoms with Crippen molar-refractivity contribution >= 4 is 24.2 Å². The molecule has 1 heterocycles. The van der Waals surface area contributed by atoms with E-state index in [4.69, 9.17) is 10.8 Å². The molecule has 0 aromatic rings. The summed E-state index contributed by atoms with van der Waals surface area (Å²) in [4.78, 5) is 22.5. The molecule has 1 saturated heterocycles. The topological polar surface area (TPSA) is 83.6 Å². The SMILES string of the molecule is Cl.NC(=O)CN1CC(O)CC1=O. The number of aliphatic hydroxyl groups excluding tert-OH is 1. The first-order valence-corrected chi connectivity index (χ1v) is 3.33. The zero-order valence-electron chi connectivity index (χ0n) is 6.40. The number of aliphatic hydroxyl groups is 1. The molecule has 1 rings (SSSR count). The average Bonchev–Trinajstić information content (AvgIpc) is 2.09. The number of hydrogen-bond acceptors (Lipinski definition) is 3. The molecule has 70 valence electrons. The highest BCUT2D eigenvalue weighted by atomic mass is 35.5. The number of primary amides is 1. The van der Waals surface area contributed by atoms with E-state index in [9.17, 15) is 9.59 Å². The highest BCUT2D eigenvalue weighted by Gasteiger charge is 2.28. The van der Waals surface area contributed by atoms with Crippen LogP contribution in [0.3, 0.4) is 0 Å². The Labute approximate surface area is 75.9 Å². The van der Waals surface area contributed by atoms with Crippen molar-refractivity contribution in [2.75, 3.05) is 13.1 Å². The highest BCUT2D eigenvalue weighted by Crippen LogP contribution is 2.09. The van der Waals surface area contributed by atoms with Crippen LogP contribution in [0.4, 0.5) is 0 Å². The number of rotatable bonds is 2. The molecular weight excluding hydrogens is 184 g/mol. The lowest BCUT2D eigenvalue weighted by Crippen LogP contribution is -2.35. The summed E-state index contributed by atoms with van der Waals surface area (Å²) < 4.78 is 0. The molecule has 2 amide bonds. The molecule has 0 spiro atoms. The Hall–Kier alpha value is -0.810. The zero-order chi connectivity index (χ0) is 8.43. The molecule has 0 bridgehead atoms. The first-order chi connectivity index (χ1) is 5.09. The summed E-state index contributed by atoms with van der Waals surface area (Å²) >= 11 is 0. The van der Waals surface area contributed by atoms with Crippen LogP contribution < -0.4 is 5.73 Å². The molecule has 1 atom stereocenters. The monoisotopic (exact) mass is 194 g/mol. The summed E-state index contributed by atoms with van der Waals surface area (Å²) in [5, 5.41) is 8.97. The summed E-state index contributed by atoms with van der Waals surface area (Å²) in [5.74, 6) is -0.760. The van der Waals surface area contributed by atoms with E-state index in [0.29, 0.717) is 0 Å². The van der Waals surface area contributed by atoms with Gasteiger partial charge >= 0.3 is 0 Å². The van der Waals surface area contributed by atoms with Gasteiger partial charge in [0, 0.05) is 6.54 Å². The Morgan fingerprint density at radius 1 is 1.75 bits per heavy atom. The van der Waals surface area contributed by atoms with Gasteiger partial charge in [-0.15, -0.1) is 12.4 Å². The molecule has 12 heavy (non-hydrogen) atoms. The predicted molar refractivity (Wildman–Crippen MR) is 43.6 cm³/mol. The van der Waals surface area contributed by atoms with E-state index in [2.05, 4.69) is 0 Å². The van der Waals surface area contributed by atoms with Gasteiger partial charge < -0.3 is 15.7 Å². The summed E-state index contributed by atoms with van der Waals surface area (Å²) in [6.45, 7) is 0.137. The van der Waals surface area contributed by atoms with E-state index >= 15 is 0 Å². The molecule has 5 nitrogen and oxygen atoms in total. The third-order valence-electron chi connectivity index (χ3n) is 1.54. The number of β-amino-alcohol motifs (C(OH)–C–C–N with tert-alkyl or cyclic N) is 1. The van der Waals surface area contributed by atoms with E-state index < -0.39 is 12.0 Å². The Balaban J connectivity index is 0.00000121. The van der Waals surface area contributed by atoms with Gasteiger partial charge in [0.1, 0.15) is 0 Å². The molecule has 0 aromatic carbocycles. The minimum Gasteiger partial charge on any atom is -0.391 e. The molecule has 1 aliphatic heterocycles. The third kappa shape index (κ3) is 2.67. The first kappa shape index (κ1) is 11.2. The molecule has 1 unspecified atom stereocenters. The van der Waals surface area contributed by atoms with Gasteiger partial charge in [0.25, 0.3) is 0 Å². The van der Waals surface area contributed by atoms with Crippen LogP contribution in [-0.4, -0.2) is 41.0 Å². The van der Waals surface area contributed by atoms with Crippen molar-refractivity contribution in [2.45, 2.75) is 12.5 Å². The second-order valence-corrected chi connectivity index (χ2v) is 2.60. The van der Waals surface area contributed by atoms with Gasteiger partial charge in [0.2, 0.25) is 11.8 Å². The van der Waals surface area contributed by atoms with Crippen LogP contribution in [0.25, 0.3) is 0 Å². The molecule has 1 fully saturated rings. The van der Waals surface area contributed by atoms with Crippen molar-refractivity contribution in [1.29, 1.82) is 0 Å². The van der Waals surface area contributed by atoms with E-state index in [1.807, 2.05) is 0 Å². The summed E-state index contributed by atoms with van der Waals surface area (Å²) in [6.07, 6.45) is -0.533. The second kappa shape index (κ2) is 4.27. The number of nitrogens with two attached hydrogens (primary N) is 1. The molecule has 6 heteroatoms. The van der Waals surface area contributed by atoms with Gasteiger partial charge in [0.15, 0.2) is 0 Å². The summed E-state index contributed by atoms with van der Waals surface area (Å²) in [7, 11) is 0. The van der Waals surface area contributed by atoms with Crippen LogP contribution in [0.2, 0.25) is 0 Å². The molecule has 0 aliphatic carbocycles. The fourth-order valence-electron chi connectivity index (χ4n) is 1.09. The van der Waals surface area contributed by atoms with Crippen LogP contribution >= 0.6 is 12.4 Å². The Bertz CT molecular complexity index is 197. The van der Waals surface area contributed by atoms with Crippen molar-refractivity contribution < 1.29 is 14.7 Å². The number of halogens is 1. The number of nitrogens with zero attached hydrogens (tertiary/aromatic N) is 1. The lowest BCUT2D eigenvalue weighted by Gasteiger charge is -2.11. The lowest BCUT2D eigenvalue weighted by atomic mass is 10.3. The minimum atomic E-state index is -0.637. The maximum Gasteiger partial charge on any atom is 0.237 e. The van der Waals surface area contributed by atoms with E-state index in [0.717, 1.165) is 0 Å². The second-order valence-electron chi connectivity index (χ2n) is 2.60. The van der Waals surface area contributed by atoms with Gasteiger partial charge in [-0.3, -0.25) is 9.59 Å². The lowest BCUT2D eigenvalue weighted by molar-refractivity contribution is -0.132. The number of likely N-dealkylation sites (tertiary alicyclic amines) is 1. The summed E-state index contributed by atoms with van der Waals surface area (Å²) in [5.41, 5.74) is 4.87. The van der Waals surface area contributed by atoms with Crippen molar-refractivity contribution in [1.82, 2.24) is 4.90 Å². The maximum atomic E-state index is 10.9. The molecule has 0 radical (unpaired) electrons. The predicted octanol–water partition coefficient (Wildman–Crippen LogP) is -1.51. The Morgan fingerprint density at radius 3 is 2.67 bits per heavy atom. The van der Waals surface area contributed by atoms with Gasteiger partial charge in [-0.05, 0) is 0 Å².